The molecule has 15 nitrogen and oxygen atoms in total. The number of carboxylic acids is 1. The van der Waals surface area contributed by atoms with Crippen molar-refractivity contribution in [1.29, 1.82) is 0 Å². The van der Waals surface area contributed by atoms with Crippen molar-refractivity contribution >= 4 is 64.2 Å². The van der Waals surface area contributed by atoms with Crippen molar-refractivity contribution in [3.63, 3.8) is 0 Å². The van der Waals surface area contributed by atoms with Gasteiger partial charge in [-0.15, -0.1) is 23.1 Å². The molecule has 0 radical (unpaired) electrons. The molecule has 2 aliphatic rings. The largest absolute Gasteiger partial charge is 0.477 e. The van der Waals surface area contributed by atoms with Gasteiger partial charge in [-0.05, 0) is 0 Å². The second-order valence-corrected chi connectivity index (χ2v) is 9.03. The molecule has 1 saturated heterocycles. The number of anilines is 1. The Hall–Kier alpha value is -4.25. The maximum absolute atomic E-state index is 12.9. The van der Waals surface area contributed by atoms with Crippen LogP contribution in [0.4, 0.5) is 9.93 Å². The average molecular weight is 536 g/mol. The van der Waals surface area contributed by atoms with Crippen LogP contribution in [0.2, 0.25) is 0 Å². The topological polar surface area (TPSA) is 194 Å². The van der Waals surface area contributed by atoms with E-state index >= 15 is 0 Å². The van der Waals surface area contributed by atoms with Crippen LogP contribution in [0, 0.1) is 0 Å². The number of nitrogens with one attached hydrogen (secondary N) is 2. The lowest BCUT2D eigenvalue weighted by atomic mass is 10.0. The normalized spacial score (nSPS) is 19.2. The van der Waals surface area contributed by atoms with Gasteiger partial charge in [-0.1, -0.05) is 5.16 Å². The number of β-lactam (4-membered cyclic amide) rings is 1. The molecular weight excluding hydrogens is 518 g/mol. The molecule has 4 heterocycles. The van der Waals surface area contributed by atoms with E-state index in [0.717, 1.165) is 20.8 Å². The number of nitrogens with zero attached hydrogens (tertiary/aromatic N) is 5. The van der Waals surface area contributed by atoms with Gasteiger partial charge in [0.05, 0.1) is 0 Å². The molecule has 0 aliphatic carbocycles. The van der Waals surface area contributed by atoms with E-state index < -0.39 is 35.3 Å². The number of thioether (sulfide) groups is 1. The molecule has 2 aromatic heterocycles. The molecule has 0 bridgehead atoms. The van der Waals surface area contributed by atoms with Crippen LogP contribution in [0.5, 0.6) is 0 Å². The predicted octanol–water partition coefficient (Wildman–Crippen LogP) is -0.318. The minimum Gasteiger partial charge on any atom is -0.477 e. The lowest BCUT2D eigenvalue weighted by molar-refractivity contribution is -0.150. The molecule has 4 rings (SSSR count). The summed E-state index contributed by atoms with van der Waals surface area (Å²) in [5, 5.41) is 19.3. The van der Waals surface area contributed by atoms with Crippen molar-refractivity contribution in [3.05, 3.63) is 41.1 Å². The van der Waals surface area contributed by atoms with Gasteiger partial charge in [0.1, 0.15) is 42.9 Å². The monoisotopic (exact) mass is 535 g/mol. The zero-order valence-corrected chi connectivity index (χ0v) is 19.9. The quantitative estimate of drug-likeness (QED) is 0.165. The minimum atomic E-state index is -1.37. The molecule has 0 saturated carbocycles. The first-order valence-corrected chi connectivity index (χ1v) is 11.9. The first-order valence-electron chi connectivity index (χ1n) is 9.98. The number of carbonyl (C=O) groups is 5. The Morgan fingerprint density at radius 2 is 2.19 bits per heavy atom. The molecule has 0 spiro atoms. The van der Waals surface area contributed by atoms with Gasteiger partial charge in [0.25, 0.3) is 11.8 Å². The number of oxime groups is 1. The molecule has 3 amide bonds. The van der Waals surface area contributed by atoms with Crippen molar-refractivity contribution < 1.29 is 38.7 Å². The van der Waals surface area contributed by atoms with Gasteiger partial charge in [0, 0.05) is 29.1 Å². The Morgan fingerprint density at radius 1 is 1.39 bits per heavy atom. The molecule has 0 aromatic carbocycles. The number of carboxylic acid groups (broad SMARTS) is 1. The summed E-state index contributed by atoms with van der Waals surface area (Å²) in [6.07, 6.45) is 3.67. The number of fused-ring (bicyclic) bond motifs is 1. The summed E-state index contributed by atoms with van der Waals surface area (Å²) in [6.45, 7) is -0.342. The lowest BCUT2D eigenvalue weighted by Crippen LogP contribution is -2.71. The lowest BCUT2D eigenvalue weighted by Gasteiger charge is -2.49. The first-order chi connectivity index (χ1) is 17.3. The molecule has 36 heavy (non-hydrogen) atoms. The van der Waals surface area contributed by atoms with Gasteiger partial charge in [-0.2, -0.15) is 0 Å². The molecule has 1 fully saturated rings. The summed E-state index contributed by atoms with van der Waals surface area (Å²) in [4.78, 5) is 73.9. The van der Waals surface area contributed by atoms with Crippen LogP contribution in [0.1, 0.15) is 5.69 Å². The number of ether oxygens (including phenoxy) is 1. The Bertz CT molecular complexity index is 1270. The van der Waals surface area contributed by atoms with E-state index in [4.69, 9.17) is 9.57 Å². The number of carbonyl (C=O) groups excluding carboxylic acids is 4. The van der Waals surface area contributed by atoms with Crippen molar-refractivity contribution in [1.82, 2.24) is 24.8 Å². The van der Waals surface area contributed by atoms with Gasteiger partial charge in [0.15, 0.2) is 10.8 Å². The highest BCUT2D eigenvalue weighted by Gasteiger charge is 2.54. The number of aromatic nitrogens is 3. The van der Waals surface area contributed by atoms with Crippen LogP contribution < -0.4 is 10.6 Å². The first kappa shape index (κ1) is 24.9. The number of amides is 3. The SMILES string of the molecule is CO/N=C(/C(=O)NC1C(=O)N2C(C(=O)O)=C(COC(=O)n3ccnc3)CS[C@H]12)c1csc(NC=O)n1. The molecule has 2 aliphatic heterocycles. The van der Waals surface area contributed by atoms with Crippen LogP contribution in [0.3, 0.4) is 0 Å². The predicted molar refractivity (Wildman–Crippen MR) is 124 cm³/mol. The molecular formula is C19H17N7O8S2. The number of imidazole rings is 1. The second-order valence-electron chi connectivity index (χ2n) is 7.07. The number of thiazole rings is 1. The number of rotatable bonds is 9. The fraction of sp³-hybridized carbons (Fsp3) is 0.263. The highest BCUT2D eigenvalue weighted by molar-refractivity contribution is 8.00. The zero-order chi connectivity index (χ0) is 25.8. The summed E-state index contributed by atoms with van der Waals surface area (Å²) >= 11 is 2.25. The third-order valence-electron chi connectivity index (χ3n) is 4.95. The highest BCUT2D eigenvalue weighted by atomic mass is 32.2. The molecule has 1 unspecified atom stereocenters. The zero-order valence-electron chi connectivity index (χ0n) is 18.3. The summed E-state index contributed by atoms with van der Waals surface area (Å²) < 4.78 is 6.23. The van der Waals surface area contributed by atoms with Gasteiger partial charge in [-0.3, -0.25) is 19.3 Å². The Morgan fingerprint density at radius 3 is 2.86 bits per heavy atom. The highest BCUT2D eigenvalue weighted by Crippen LogP contribution is 2.40. The standard InChI is InChI=1S/C19H17N7O8S2/c1-33-24-11(10-6-36-18(22-10)21-8-27)14(28)23-12-15(29)26-13(17(30)31)9(5-35-16(12)26)4-34-19(32)25-3-2-20-7-25/h2-3,6-8,12,16H,4-5H2,1H3,(H,23,28)(H,30,31)(H,21,22,27)/b24-11+/t12?,16-/m1/s1. The van der Waals surface area contributed by atoms with E-state index in [2.05, 4.69) is 25.8 Å². The number of hydrogen-bond donors (Lipinski definition) is 3. The van der Waals surface area contributed by atoms with Crippen LogP contribution >= 0.6 is 23.1 Å². The van der Waals surface area contributed by atoms with Crippen LogP contribution in [0.15, 0.2) is 40.5 Å². The van der Waals surface area contributed by atoms with E-state index in [-0.39, 0.29) is 40.2 Å². The maximum Gasteiger partial charge on any atom is 0.419 e. The Kier molecular flexibility index (Phi) is 7.30. The third-order valence-corrected chi connectivity index (χ3v) is 7.06. The molecule has 17 heteroatoms. The van der Waals surface area contributed by atoms with E-state index in [1.165, 1.54) is 43.0 Å². The number of aliphatic carboxylic acids is 1. The fourth-order valence-corrected chi connectivity index (χ4v) is 5.37. The number of hydrogen-bond acceptors (Lipinski definition) is 12. The fourth-order valence-electron chi connectivity index (χ4n) is 3.39. The van der Waals surface area contributed by atoms with Crippen LogP contribution in [-0.2, 0) is 28.8 Å². The molecule has 2 atom stereocenters. The summed E-state index contributed by atoms with van der Waals surface area (Å²) in [5.41, 5.74) is -0.199. The summed E-state index contributed by atoms with van der Waals surface area (Å²) in [7, 11) is 1.22. The maximum atomic E-state index is 12.9. The van der Waals surface area contributed by atoms with Crippen LogP contribution in [-0.4, -0.2) is 91.4 Å². The van der Waals surface area contributed by atoms with Gasteiger partial charge in [-0.25, -0.2) is 24.1 Å². The van der Waals surface area contributed by atoms with Gasteiger partial charge >= 0.3 is 12.1 Å². The molecule has 3 N–H and O–H groups in total. The van der Waals surface area contributed by atoms with E-state index in [0.29, 0.717) is 6.41 Å². The summed E-state index contributed by atoms with van der Waals surface area (Å²) in [6, 6.07) is -1.04. The van der Waals surface area contributed by atoms with E-state index in [1.54, 1.807) is 0 Å². The van der Waals surface area contributed by atoms with Crippen molar-refractivity contribution in [3.8, 4) is 0 Å². The smallest absolute Gasteiger partial charge is 0.419 e. The summed E-state index contributed by atoms with van der Waals surface area (Å²) in [5.74, 6) is -2.66. The van der Waals surface area contributed by atoms with Crippen LogP contribution in [0.25, 0.3) is 0 Å². The van der Waals surface area contributed by atoms with Gasteiger partial charge in [0.2, 0.25) is 6.41 Å². The third kappa shape index (κ3) is 4.78. The Balaban J connectivity index is 1.47. The Labute approximate surface area is 210 Å². The van der Waals surface area contributed by atoms with E-state index in [1.807, 2.05) is 0 Å². The minimum absolute atomic E-state index is 0.108. The average Bonchev–Trinajstić information content (AvgIpc) is 3.56. The van der Waals surface area contributed by atoms with Crippen molar-refractivity contribution in [2.45, 2.75) is 11.4 Å². The van der Waals surface area contributed by atoms with E-state index in [9.17, 15) is 29.1 Å². The van der Waals surface area contributed by atoms with Gasteiger partial charge < -0.3 is 25.3 Å². The van der Waals surface area contributed by atoms with Crippen molar-refractivity contribution in [2.24, 2.45) is 5.16 Å². The van der Waals surface area contributed by atoms with Crippen molar-refractivity contribution in [2.75, 3.05) is 24.8 Å². The molecule has 2 aromatic rings. The second kappa shape index (κ2) is 10.6. The molecule has 188 valence electrons.